The molecular formula is C12H23N. The Hall–Kier alpha value is -0.560. The zero-order chi connectivity index (χ0) is 9.94. The van der Waals surface area contributed by atoms with E-state index in [1.54, 1.807) is 0 Å². The summed E-state index contributed by atoms with van der Waals surface area (Å²) in [6, 6.07) is 0. The molecule has 0 aliphatic rings. The smallest absolute Gasteiger partial charge is 0.00188 e. The van der Waals surface area contributed by atoms with E-state index < -0.39 is 0 Å². The first-order valence-electron chi connectivity index (χ1n) is 5.27. The number of hydrogen-bond acceptors (Lipinski definition) is 1. The highest BCUT2D eigenvalue weighted by atomic mass is 15.1. The molecular weight excluding hydrogens is 158 g/mol. The van der Waals surface area contributed by atoms with E-state index >= 15 is 0 Å². The minimum absolute atomic E-state index is 1.19. The summed E-state index contributed by atoms with van der Waals surface area (Å²) in [4.78, 5) is 2.39. The Morgan fingerprint density at radius 3 is 2.54 bits per heavy atom. The van der Waals surface area contributed by atoms with Crippen LogP contribution in [0.25, 0.3) is 0 Å². The summed E-state index contributed by atoms with van der Waals surface area (Å²) in [6.45, 7) is 6.70. The molecule has 0 bridgehead atoms. The van der Waals surface area contributed by atoms with Crippen LogP contribution in [0.15, 0.2) is 24.3 Å². The van der Waals surface area contributed by atoms with Crippen LogP contribution < -0.4 is 0 Å². The van der Waals surface area contributed by atoms with Gasteiger partial charge in [-0.3, -0.25) is 0 Å². The SMILES string of the molecule is C/C=C\C=C/CCCN(C)CCC. The van der Waals surface area contributed by atoms with Crippen LogP contribution >= 0.6 is 0 Å². The maximum absolute atomic E-state index is 2.39. The molecule has 13 heavy (non-hydrogen) atoms. The number of allylic oxidation sites excluding steroid dienone is 4. The molecule has 0 heterocycles. The lowest BCUT2D eigenvalue weighted by Crippen LogP contribution is -2.20. The molecule has 0 aliphatic heterocycles. The molecule has 0 aromatic rings. The van der Waals surface area contributed by atoms with Crippen LogP contribution in [0.4, 0.5) is 0 Å². The number of nitrogens with zero attached hydrogens (tertiary/aromatic N) is 1. The van der Waals surface area contributed by atoms with Gasteiger partial charge in [-0.25, -0.2) is 0 Å². The standard InChI is InChI=1S/C12H23N/c1-4-6-7-8-9-10-12-13(3)11-5-2/h4,6-8H,5,9-12H2,1-3H3/b6-4-,8-7-. The molecule has 0 radical (unpaired) electrons. The van der Waals surface area contributed by atoms with Crippen LogP contribution in [0, 0.1) is 0 Å². The molecule has 0 saturated carbocycles. The maximum atomic E-state index is 2.39. The first-order valence-corrected chi connectivity index (χ1v) is 5.27. The van der Waals surface area contributed by atoms with Crippen molar-refractivity contribution >= 4 is 0 Å². The molecule has 0 N–H and O–H groups in total. The van der Waals surface area contributed by atoms with Gasteiger partial charge in [0.15, 0.2) is 0 Å². The Balaban J connectivity index is 3.24. The number of rotatable bonds is 7. The zero-order valence-corrected chi connectivity index (χ0v) is 9.29. The molecule has 1 heteroatoms. The first kappa shape index (κ1) is 12.4. The Morgan fingerprint density at radius 2 is 1.92 bits per heavy atom. The predicted octanol–water partition coefficient (Wildman–Crippen LogP) is 3.24. The molecule has 0 amide bonds. The van der Waals surface area contributed by atoms with Crippen LogP contribution in [0.2, 0.25) is 0 Å². The summed E-state index contributed by atoms with van der Waals surface area (Å²) in [5, 5.41) is 0. The van der Waals surface area contributed by atoms with Gasteiger partial charge >= 0.3 is 0 Å². The highest BCUT2D eigenvalue weighted by Crippen LogP contribution is 1.95. The molecule has 0 aliphatic carbocycles. The Morgan fingerprint density at radius 1 is 1.15 bits per heavy atom. The van der Waals surface area contributed by atoms with Gasteiger partial charge in [-0.05, 0) is 46.3 Å². The minimum atomic E-state index is 1.19. The van der Waals surface area contributed by atoms with Gasteiger partial charge in [0.2, 0.25) is 0 Å². The molecule has 0 unspecified atom stereocenters. The number of unbranched alkanes of at least 4 members (excludes halogenated alkanes) is 1. The predicted molar refractivity (Wildman–Crippen MR) is 61.0 cm³/mol. The van der Waals surface area contributed by atoms with Crippen LogP contribution in [-0.4, -0.2) is 25.0 Å². The van der Waals surface area contributed by atoms with E-state index in [2.05, 4.69) is 43.2 Å². The van der Waals surface area contributed by atoms with Crippen molar-refractivity contribution in [3.05, 3.63) is 24.3 Å². The highest BCUT2D eigenvalue weighted by Gasteiger charge is 1.93. The van der Waals surface area contributed by atoms with Gasteiger partial charge < -0.3 is 4.90 Å². The lowest BCUT2D eigenvalue weighted by atomic mass is 10.2. The van der Waals surface area contributed by atoms with E-state index in [1.807, 2.05) is 6.92 Å². The van der Waals surface area contributed by atoms with Crippen molar-refractivity contribution in [2.45, 2.75) is 33.1 Å². The summed E-state index contributed by atoms with van der Waals surface area (Å²) in [5.41, 5.74) is 0. The van der Waals surface area contributed by atoms with Crippen molar-refractivity contribution in [3.63, 3.8) is 0 Å². The third-order valence-electron chi connectivity index (χ3n) is 1.96. The molecule has 0 fully saturated rings. The van der Waals surface area contributed by atoms with Gasteiger partial charge in [-0.2, -0.15) is 0 Å². The Kier molecular flexibility index (Phi) is 9.12. The van der Waals surface area contributed by atoms with Crippen molar-refractivity contribution in [2.24, 2.45) is 0 Å². The normalized spacial score (nSPS) is 12.3. The van der Waals surface area contributed by atoms with Gasteiger partial charge in [0.25, 0.3) is 0 Å². The van der Waals surface area contributed by atoms with Gasteiger partial charge in [0, 0.05) is 0 Å². The fourth-order valence-corrected chi connectivity index (χ4v) is 1.26. The Labute approximate surface area is 83.1 Å². The van der Waals surface area contributed by atoms with E-state index in [-0.39, 0.29) is 0 Å². The third-order valence-corrected chi connectivity index (χ3v) is 1.96. The van der Waals surface area contributed by atoms with Crippen LogP contribution in [0.5, 0.6) is 0 Å². The quantitative estimate of drug-likeness (QED) is 0.430. The monoisotopic (exact) mass is 181 g/mol. The van der Waals surface area contributed by atoms with Crippen molar-refractivity contribution < 1.29 is 0 Å². The largest absolute Gasteiger partial charge is 0.306 e. The molecule has 1 nitrogen and oxygen atoms in total. The lowest BCUT2D eigenvalue weighted by molar-refractivity contribution is 0.331. The Bertz CT molecular complexity index is 147. The molecule has 0 saturated heterocycles. The van der Waals surface area contributed by atoms with E-state index in [0.29, 0.717) is 0 Å². The van der Waals surface area contributed by atoms with E-state index in [9.17, 15) is 0 Å². The lowest BCUT2D eigenvalue weighted by Gasteiger charge is -2.13. The average molecular weight is 181 g/mol. The second-order valence-electron chi connectivity index (χ2n) is 3.40. The van der Waals surface area contributed by atoms with Gasteiger partial charge in [0.05, 0.1) is 0 Å². The highest BCUT2D eigenvalue weighted by molar-refractivity contribution is 5.00. The third kappa shape index (κ3) is 9.35. The number of hydrogen-bond donors (Lipinski definition) is 0. The van der Waals surface area contributed by atoms with Crippen molar-refractivity contribution in [1.29, 1.82) is 0 Å². The fourth-order valence-electron chi connectivity index (χ4n) is 1.26. The van der Waals surface area contributed by atoms with E-state index in [1.165, 1.54) is 32.4 Å². The van der Waals surface area contributed by atoms with E-state index in [4.69, 9.17) is 0 Å². The topological polar surface area (TPSA) is 3.24 Å². The molecule has 0 rings (SSSR count). The van der Waals surface area contributed by atoms with Gasteiger partial charge in [-0.1, -0.05) is 31.2 Å². The first-order chi connectivity index (χ1) is 6.31. The summed E-state index contributed by atoms with van der Waals surface area (Å²) in [7, 11) is 2.19. The summed E-state index contributed by atoms with van der Waals surface area (Å²) in [5.74, 6) is 0. The van der Waals surface area contributed by atoms with E-state index in [0.717, 1.165) is 0 Å². The second kappa shape index (κ2) is 9.53. The van der Waals surface area contributed by atoms with Crippen LogP contribution in [0.1, 0.15) is 33.1 Å². The summed E-state index contributed by atoms with van der Waals surface area (Å²) in [6.07, 6.45) is 12.2. The molecule has 0 spiro atoms. The zero-order valence-electron chi connectivity index (χ0n) is 9.29. The van der Waals surface area contributed by atoms with Crippen LogP contribution in [-0.2, 0) is 0 Å². The maximum Gasteiger partial charge on any atom is -0.00188 e. The summed E-state index contributed by atoms with van der Waals surface area (Å²) >= 11 is 0. The molecule has 76 valence electrons. The van der Waals surface area contributed by atoms with Gasteiger partial charge in [-0.15, -0.1) is 0 Å². The van der Waals surface area contributed by atoms with Crippen LogP contribution in [0.3, 0.4) is 0 Å². The summed E-state index contributed by atoms with van der Waals surface area (Å²) < 4.78 is 0. The molecule has 0 atom stereocenters. The van der Waals surface area contributed by atoms with Gasteiger partial charge in [0.1, 0.15) is 0 Å². The fraction of sp³-hybridized carbons (Fsp3) is 0.667. The van der Waals surface area contributed by atoms with Crippen molar-refractivity contribution in [3.8, 4) is 0 Å². The second-order valence-corrected chi connectivity index (χ2v) is 3.40. The van der Waals surface area contributed by atoms with Crippen molar-refractivity contribution in [2.75, 3.05) is 20.1 Å². The van der Waals surface area contributed by atoms with Crippen molar-refractivity contribution in [1.82, 2.24) is 4.90 Å². The minimum Gasteiger partial charge on any atom is -0.306 e. The molecule has 0 aromatic carbocycles. The molecule has 0 aromatic heterocycles. The average Bonchev–Trinajstić information content (AvgIpc) is 2.11.